The van der Waals surface area contributed by atoms with Crippen molar-refractivity contribution in [2.75, 3.05) is 24.9 Å². The normalized spacial score (nSPS) is 15.8. The average Bonchev–Trinajstić information content (AvgIpc) is 3.62. The second-order valence-electron chi connectivity index (χ2n) is 10.1. The summed E-state index contributed by atoms with van der Waals surface area (Å²) in [5.74, 6) is -1.88. The minimum absolute atomic E-state index is 0.123. The van der Waals surface area contributed by atoms with Crippen molar-refractivity contribution in [1.29, 1.82) is 0 Å². The van der Waals surface area contributed by atoms with Gasteiger partial charge in [0.25, 0.3) is 16.8 Å². The SMILES string of the molecule is CCC(=O)OCOn1on1N1CCCC(C(=O)NS(=O)(=O)c2ccc(-n3nc(C(F)(F)F)cc3-c3ccc(C)cc3)cc2)C1. The van der Waals surface area contributed by atoms with Gasteiger partial charge in [0.1, 0.15) is 5.02 Å². The third kappa shape index (κ3) is 6.93. The molecular formula is C27H29F3N6O7S. The first-order chi connectivity index (χ1) is 20.9. The fraction of sp³-hybridized carbons (Fsp3) is 0.370. The topological polar surface area (TPSA) is 143 Å². The Kier molecular flexibility index (Phi) is 8.49. The van der Waals surface area contributed by atoms with Gasteiger partial charge in [0.2, 0.25) is 5.91 Å². The molecule has 0 aliphatic carbocycles. The molecule has 0 saturated carbocycles. The lowest BCUT2D eigenvalue weighted by molar-refractivity contribution is -0.159. The fourth-order valence-corrected chi connectivity index (χ4v) is 5.57. The van der Waals surface area contributed by atoms with E-state index in [0.717, 1.165) is 21.3 Å². The minimum Gasteiger partial charge on any atom is -0.426 e. The van der Waals surface area contributed by atoms with Crippen molar-refractivity contribution in [3.8, 4) is 16.9 Å². The highest BCUT2D eigenvalue weighted by Gasteiger charge is 2.36. The van der Waals surface area contributed by atoms with Crippen LogP contribution in [0.25, 0.3) is 16.9 Å². The average molecular weight is 639 g/mol. The summed E-state index contributed by atoms with van der Waals surface area (Å²) in [7, 11) is -4.30. The molecule has 1 fully saturated rings. The Labute approximate surface area is 249 Å². The zero-order valence-electron chi connectivity index (χ0n) is 23.7. The van der Waals surface area contributed by atoms with Gasteiger partial charge in [0, 0.05) is 23.5 Å². The van der Waals surface area contributed by atoms with E-state index in [2.05, 4.69) is 9.82 Å². The summed E-state index contributed by atoms with van der Waals surface area (Å²) in [4.78, 5) is 30.2. The van der Waals surface area contributed by atoms with Crippen LogP contribution in [-0.2, 0) is 30.5 Å². The van der Waals surface area contributed by atoms with Gasteiger partial charge in [-0.05, 0) is 50.1 Å². The lowest BCUT2D eigenvalue weighted by Crippen LogP contribution is -2.48. The van der Waals surface area contributed by atoms with Gasteiger partial charge in [-0.15, -0.1) is 0 Å². The van der Waals surface area contributed by atoms with Gasteiger partial charge in [0.15, 0.2) is 5.69 Å². The first-order valence-corrected chi connectivity index (χ1v) is 15.1. The van der Waals surface area contributed by atoms with Gasteiger partial charge < -0.3 is 9.57 Å². The smallest absolute Gasteiger partial charge is 0.426 e. The highest BCUT2D eigenvalue weighted by molar-refractivity contribution is 7.90. The second-order valence-corrected chi connectivity index (χ2v) is 11.8. The number of alkyl halides is 3. The quantitative estimate of drug-likeness (QED) is 0.205. The Morgan fingerprint density at radius 3 is 2.48 bits per heavy atom. The number of hydrogen-bond donors (Lipinski definition) is 1. The maximum absolute atomic E-state index is 13.5. The van der Waals surface area contributed by atoms with Crippen LogP contribution in [0.3, 0.4) is 0 Å². The van der Waals surface area contributed by atoms with E-state index < -0.39 is 39.7 Å². The summed E-state index contributed by atoms with van der Waals surface area (Å²) in [5, 5.41) is 6.32. The van der Waals surface area contributed by atoms with Gasteiger partial charge in [-0.2, -0.15) is 22.9 Å². The first kappa shape index (κ1) is 30.8. The standard InChI is InChI=1S/C27H29F3N6O7S/c1-3-25(37)41-17-42-36-35(43-36)33-14-4-5-20(16-33)26(38)32-44(39,40)22-12-10-21(11-13-22)34-23(15-24(31-34)27(28,29)30)19-8-6-18(2)7-9-19/h6-13,15,20H,3-5,14,16-17H2,1-2H3,(H,32,38). The number of nitrogens with one attached hydrogen (secondary N) is 1. The fourth-order valence-electron chi connectivity index (χ4n) is 4.53. The van der Waals surface area contributed by atoms with Gasteiger partial charge >= 0.3 is 12.1 Å². The third-order valence-electron chi connectivity index (χ3n) is 6.92. The summed E-state index contributed by atoms with van der Waals surface area (Å²) in [5.41, 5.74) is 0.686. The zero-order chi connectivity index (χ0) is 31.6. The molecule has 1 aliphatic heterocycles. The van der Waals surface area contributed by atoms with Crippen molar-refractivity contribution in [1.82, 2.24) is 24.5 Å². The van der Waals surface area contributed by atoms with Gasteiger partial charge in [-0.1, -0.05) is 36.8 Å². The monoisotopic (exact) mass is 638 g/mol. The van der Waals surface area contributed by atoms with E-state index in [4.69, 9.17) is 14.2 Å². The van der Waals surface area contributed by atoms with Crippen LogP contribution in [0.15, 0.2) is 64.1 Å². The predicted molar refractivity (Wildman–Crippen MR) is 147 cm³/mol. The molecule has 1 atom stereocenters. The molecule has 1 unspecified atom stereocenters. The molecule has 1 amide bonds. The molecule has 13 nitrogen and oxygen atoms in total. The molecule has 1 N–H and O–H groups in total. The molecule has 1 aliphatic rings. The van der Waals surface area contributed by atoms with E-state index in [1.165, 1.54) is 29.2 Å². The molecule has 0 spiro atoms. The summed E-state index contributed by atoms with van der Waals surface area (Å²) in [6.45, 7) is 3.74. The van der Waals surface area contributed by atoms with Crippen LogP contribution in [0.1, 0.15) is 37.4 Å². The zero-order valence-corrected chi connectivity index (χ0v) is 24.5. The number of nitrogens with zero attached hydrogens (tertiary/aromatic N) is 5. The molecule has 2 aromatic heterocycles. The maximum Gasteiger partial charge on any atom is 0.435 e. The van der Waals surface area contributed by atoms with Crippen LogP contribution >= 0.6 is 0 Å². The molecule has 0 radical (unpaired) electrons. The third-order valence-corrected chi connectivity index (χ3v) is 8.28. The number of carbonyl (C=O) groups excluding carboxylic acids is 2. The van der Waals surface area contributed by atoms with Crippen molar-refractivity contribution in [2.24, 2.45) is 5.92 Å². The number of esters is 1. The number of ether oxygens (including phenoxy) is 1. The largest absolute Gasteiger partial charge is 0.435 e. The first-order valence-electron chi connectivity index (χ1n) is 13.6. The Bertz CT molecular complexity index is 1720. The Morgan fingerprint density at radius 1 is 1.11 bits per heavy atom. The van der Waals surface area contributed by atoms with Crippen LogP contribution < -0.4 is 14.6 Å². The highest BCUT2D eigenvalue weighted by atomic mass is 32.2. The highest BCUT2D eigenvalue weighted by Crippen LogP contribution is 2.33. The number of aryl methyl sites for hydroxylation is 1. The van der Waals surface area contributed by atoms with Gasteiger partial charge in [0.05, 0.1) is 28.7 Å². The summed E-state index contributed by atoms with van der Waals surface area (Å²) >= 11 is 0. The van der Waals surface area contributed by atoms with Gasteiger partial charge in [-0.25, -0.2) is 17.8 Å². The van der Waals surface area contributed by atoms with Crippen molar-refractivity contribution in [3.63, 3.8) is 0 Å². The summed E-state index contributed by atoms with van der Waals surface area (Å²) < 4.78 is 79.8. The second kappa shape index (κ2) is 12.1. The van der Waals surface area contributed by atoms with Crippen molar-refractivity contribution in [2.45, 2.75) is 44.2 Å². The number of benzene rings is 2. The van der Waals surface area contributed by atoms with Crippen molar-refractivity contribution >= 4 is 21.9 Å². The molecule has 0 bridgehead atoms. The van der Waals surface area contributed by atoms with E-state index in [1.807, 2.05) is 6.92 Å². The van der Waals surface area contributed by atoms with Crippen LogP contribution in [0.5, 0.6) is 0 Å². The number of halogens is 3. The Hall–Kier alpha value is -4.67. The molecule has 1 saturated heterocycles. The summed E-state index contributed by atoms with van der Waals surface area (Å²) in [6, 6.07) is 12.8. The van der Waals surface area contributed by atoms with E-state index in [-0.39, 0.29) is 36.0 Å². The molecule has 3 heterocycles. The lowest BCUT2D eigenvalue weighted by Gasteiger charge is -2.28. The predicted octanol–water partition coefficient (Wildman–Crippen LogP) is 3.25. The number of rotatable bonds is 10. The number of piperidine rings is 1. The maximum atomic E-state index is 13.5. The van der Waals surface area contributed by atoms with Crippen molar-refractivity contribution in [3.05, 3.63) is 65.9 Å². The number of hydrogen-bond acceptors (Lipinski definition) is 9. The molecule has 2 aromatic carbocycles. The minimum atomic E-state index is -4.69. The number of sulfonamides is 1. The number of amides is 1. The van der Waals surface area contributed by atoms with E-state index in [0.29, 0.717) is 24.9 Å². The lowest BCUT2D eigenvalue weighted by atomic mass is 9.99. The summed E-state index contributed by atoms with van der Waals surface area (Å²) in [6.07, 6.45) is -3.53. The van der Waals surface area contributed by atoms with Gasteiger partial charge in [-0.3, -0.25) is 14.6 Å². The molecule has 4 aromatic rings. The van der Waals surface area contributed by atoms with E-state index >= 15 is 0 Å². The van der Waals surface area contributed by atoms with E-state index in [9.17, 15) is 31.2 Å². The van der Waals surface area contributed by atoms with E-state index in [1.54, 1.807) is 36.2 Å². The number of aromatic nitrogens is 4. The molecule has 44 heavy (non-hydrogen) atoms. The van der Waals surface area contributed by atoms with Crippen LogP contribution in [-0.4, -0.2) is 59.9 Å². The van der Waals surface area contributed by atoms with Crippen molar-refractivity contribution < 1.29 is 45.4 Å². The van der Waals surface area contributed by atoms with Crippen LogP contribution in [0, 0.1) is 12.8 Å². The van der Waals surface area contributed by atoms with Crippen LogP contribution in [0.2, 0.25) is 0 Å². The number of carbonyl (C=O) groups is 2. The molecule has 236 valence electrons. The molecular weight excluding hydrogens is 609 g/mol. The Morgan fingerprint density at radius 2 is 1.82 bits per heavy atom. The Balaban J connectivity index is 1.26. The molecule has 17 heteroatoms. The molecule has 5 rings (SSSR count). The van der Waals surface area contributed by atoms with Crippen LogP contribution in [0.4, 0.5) is 13.2 Å².